The van der Waals surface area contributed by atoms with E-state index < -0.39 is 17.5 Å². The number of fused-ring (bicyclic) bond motifs is 1. The molecular formula is C21H18O6. The van der Waals surface area contributed by atoms with Gasteiger partial charge in [-0.05, 0) is 24.5 Å². The zero-order valence-electron chi connectivity index (χ0n) is 14.6. The number of allylic oxidation sites excluding steroid dienone is 1. The zero-order chi connectivity index (χ0) is 19.6. The van der Waals surface area contributed by atoms with Crippen molar-refractivity contribution in [2.24, 2.45) is 5.92 Å². The number of aliphatic hydroxyl groups is 1. The number of rotatable bonds is 5. The maximum Gasteiger partial charge on any atom is 0.341 e. The fourth-order valence-electron chi connectivity index (χ4n) is 2.96. The van der Waals surface area contributed by atoms with E-state index in [-0.39, 0.29) is 47.2 Å². The topological polar surface area (TPSA) is 101 Å². The van der Waals surface area contributed by atoms with Gasteiger partial charge in [-0.3, -0.25) is 9.59 Å². The van der Waals surface area contributed by atoms with Crippen LogP contribution >= 0.6 is 0 Å². The van der Waals surface area contributed by atoms with E-state index in [2.05, 4.69) is 0 Å². The van der Waals surface area contributed by atoms with Crippen molar-refractivity contribution in [2.45, 2.75) is 13.3 Å². The van der Waals surface area contributed by atoms with E-state index >= 15 is 0 Å². The number of carbonyl (C=O) groups is 3. The lowest BCUT2D eigenvalue weighted by molar-refractivity contribution is -0.112. The number of ketones is 2. The minimum absolute atomic E-state index is 0.0183. The third-order valence-electron chi connectivity index (χ3n) is 4.37. The van der Waals surface area contributed by atoms with Crippen LogP contribution in [0.2, 0.25) is 0 Å². The van der Waals surface area contributed by atoms with E-state index in [1.807, 2.05) is 0 Å². The molecule has 138 valence electrons. The molecule has 2 aromatic rings. The highest BCUT2D eigenvalue weighted by molar-refractivity contribution is 6.52. The van der Waals surface area contributed by atoms with Gasteiger partial charge in [-0.2, -0.15) is 0 Å². The van der Waals surface area contributed by atoms with Gasteiger partial charge in [0.05, 0.1) is 6.61 Å². The second-order valence-electron chi connectivity index (χ2n) is 6.46. The van der Waals surface area contributed by atoms with Crippen molar-refractivity contribution in [3.05, 3.63) is 70.8 Å². The molecule has 0 amide bonds. The summed E-state index contributed by atoms with van der Waals surface area (Å²) in [5, 5.41) is 20.1. The zero-order valence-corrected chi connectivity index (χ0v) is 14.6. The van der Waals surface area contributed by atoms with Crippen molar-refractivity contribution in [1.29, 1.82) is 0 Å². The molecule has 0 bridgehead atoms. The van der Waals surface area contributed by atoms with E-state index in [0.717, 1.165) is 0 Å². The normalized spacial score (nSPS) is 14.7. The molecule has 0 aliphatic heterocycles. The molecule has 0 spiro atoms. The Hall–Kier alpha value is -3.41. The number of aromatic hydroxyl groups is 1. The number of ether oxygens (including phenoxy) is 1. The standard InChI is InChI=1S/C21H18O6/c1-12(11-27-21(26)15-8-4-5-9-17(15)22)10-16-18(23)13-6-2-3-7-14(13)19(24)20(16)25/h2-9,12,22-23H,10-11H2,1H3. The average Bonchev–Trinajstić information content (AvgIpc) is 2.68. The monoisotopic (exact) mass is 366 g/mol. The van der Waals surface area contributed by atoms with E-state index in [4.69, 9.17) is 4.74 Å². The number of benzene rings is 2. The Morgan fingerprint density at radius 3 is 2.30 bits per heavy atom. The average molecular weight is 366 g/mol. The molecule has 1 aliphatic carbocycles. The number of phenolic OH excluding ortho intramolecular Hbond substituents is 1. The van der Waals surface area contributed by atoms with E-state index in [9.17, 15) is 24.6 Å². The first kappa shape index (κ1) is 18.4. The molecule has 2 N–H and O–H groups in total. The molecule has 0 fully saturated rings. The highest BCUT2D eigenvalue weighted by Crippen LogP contribution is 2.31. The maximum atomic E-state index is 12.3. The molecule has 2 aromatic carbocycles. The van der Waals surface area contributed by atoms with Gasteiger partial charge in [0.25, 0.3) is 0 Å². The van der Waals surface area contributed by atoms with Gasteiger partial charge in [0.1, 0.15) is 17.1 Å². The minimum Gasteiger partial charge on any atom is -0.507 e. The predicted molar refractivity (Wildman–Crippen MR) is 97.5 cm³/mol. The molecule has 1 unspecified atom stereocenters. The van der Waals surface area contributed by atoms with Crippen LogP contribution in [0.15, 0.2) is 54.1 Å². The van der Waals surface area contributed by atoms with E-state index in [1.165, 1.54) is 18.2 Å². The highest BCUT2D eigenvalue weighted by atomic mass is 16.5. The van der Waals surface area contributed by atoms with Gasteiger partial charge in [0.15, 0.2) is 0 Å². The third kappa shape index (κ3) is 3.60. The molecule has 0 radical (unpaired) electrons. The van der Waals surface area contributed by atoms with Crippen LogP contribution in [0.1, 0.15) is 39.6 Å². The van der Waals surface area contributed by atoms with Crippen LogP contribution in [0.25, 0.3) is 5.76 Å². The Morgan fingerprint density at radius 2 is 1.59 bits per heavy atom. The number of para-hydroxylation sites is 1. The Morgan fingerprint density at radius 1 is 0.963 bits per heavy atom. The summed E-state index contributed by atoms with van der Waals surface area (Å²) < 4.78 is 5.18. The second kappa shape index (κ2) is 7.45. The summed E-state index contributed by atoms with van der Waals surface area (Å²) in [5.41, 5.74) is 0.576. The SMILES string of the molecule is CC(COC(=O)c1ccccc1O)CC1=C(O)c2ccccc2C(=O)C1=O. The number of aliphatic hydroxyl groups excluding tert-OH is 1. The van der Waals surface area contributed by atoms with Gasteiger partial charge < -0.3 is 14.9 Å². The molecule has 27 heavy (non-hydrogen) atoms. The third-order valence-corrected chi connectivity index (χ3v) is 4.37. The first-order chi connectivity index (χ1) is 12.9. The van der Waals surface area contributed by atoms with Gasteiger partial charge >= 0.3 is 5.97 Å². The van der Waals surface area contributed by atoms with Crippen LogP contribution in [0.3, 0.4) is 0 Å². The Kier molecular flexibility index (Phi) is 5.07. The van der Waals surface area contributed by atoms with Crippen LogP contribution in [0.5, 0.6) is 5.75 Å². The van der Waals surface area contributed by atoms with Crippen LogP contribution in [0, 0.1) is 5.92 Å². The number of hydrogen-bond donors (Lipinski definition) is 2. The molecule has 1 atom stereocenters. The van der Waals surface area contributed by atoms with Crippen molar-refractivity contribution >= 4 is 23.3 Å². The molecule has 3 rings (SSSR count). The first-order valence-corrected chi connectivity index (χ1v) is 8.45. The van der Waals surface area contributed by atoms with Crippen LogP contribution < -0.4 is 0 Å². The molecule has 0 saturated heterocycles. The van der Waals surface area contributed by atoms with Crippen LogP contribution in [-0.4, -0.2) is 34.4 Å². The summed E-state index contributed by atoms with van der Waals surface area (Å²) in [4.78, 5) is 36.6. The molecule has 0 aromatic heterocycles. The fourth-order valence-corrected chi connectivity index (χ4v) is 2.96. The number of Topliss-reactive ketones (excluding diaryl/α,β-unsaturated/α-hetero) is 2. The first-order valence-electron chi connectivity index (χ1n) is 8.45. The summed E-state index contributed by atoms with van der Waals surface area (Å²) in [6.07, 6.45) is 0.0821. The van der Waals surface area contributed by atoms with Crippen molar-refractivity contribution in [3.63, 3.8) is 0 Å². The lowest BCUT2D eigenvalue weighted by atomic mass is 9.85. The van der Waals surface area contributed by atoms with Crippen molar-refractivity contribution in [2.75, 3.05) is 6.61 Å². The highest BCUT2D eigenvalue weighted by Gasteiger charge is 2.33. The molecule has 0 saturated carbocycles. The summed E-state index contributed by atoms with van der Waals surface area (Å²) in [6.45, 7) is 1.70. The molecule has 6 heteroatoms. The van der Waals surface area contributed by atoms with Gasteiger partial charge in [-0.1, -0.05) is 43.3 Å². The maximum absolute atomic E-state index is 12.3. The quantitative estimate of drug-likeness (QED) is 0.622. The summed E-state index contributed by atoms with van der Waals surface area (Å²) in [6, 6.07) is 12.4. The molecule has 6 nitrogen and oxygen atoms in total. The number of phenols is 1. The Bertz CT molecular complexity index is 957. The molecule has 1 aliphatic rings. The lowest BCUT2D eigenvalue weighted by Crippen LogP contribution is -2.26. The van der Waals surface area contributed by atoms with Crippen LogP contribution in [-0.2, 0) is 9.53 Å². The summed E-state index contributed by atoms with van der Waals surface area (Å²) >= 11 is 0. The predicted octanol–water partition coefficient (Wildman–Crippen LogP) is 3.31. The fraction of sp³-hybridized carbons (Fsp3) is 0.190. The van der Waals surface area contributed by atoms with Crippen molar-refractivity contribution < 1.29 is 29.3 Å². The molecule has 0 heterocycles. The summed E-state index contributed by atoms with van der Waals surface area (Å²) in [5.74, 6) is -2.80. The van der Waals surface area contributed by atoms with E-state index in [1.54, 1.807) is 37.3 Å². The van der Waals surface area contributed by atoms with Crippen molar-refractivity contribution in [1.82, 2.24) is 0 Å². The molecular weight excluding hydrogens is 348 g/mol. The van der Waals surface area contributed by atoms with Gasteiger partial charge in [-0.25, -0.2) is 4.79 Å². The van der Waals surface area contributed by atoms with Crippen molar-refractivity contribution in [3.8, 4) is 5.75 Å². The van der Waals surface area contributed by atoms with Gasteiger partial charge in [-0.15, -0.1) is 0 Å². The van der Waals surface area contributed by atoms with E-state index in [0.29, 0.717) is 5.56 Å². The number of carbonyl (C=O) groups excluding carboxylic acids is 3. The van der Waals surface area contributed by atoms with Gasteiger partial charge in [0, 0.05) is 16.7 Å². The Balaban J connectivity index is 1.71. The lowest BCUT2D eigenvalue weighted by Gasteiger charge is -2.20. The largest absolute Gasteiger partial charge is 0.507 e. The number of esters is 1. The summed E-state index contributed by atoms with van der Waals surface area (Å²) in [7, 11) is 0. The van der Waals surface area contributed by atoms with Gasteiger partial charge in [0.2, 0.25) is 11.6 Å². The second-order valence-corrected chi connectivity index (χ2v) is 6.46. The minimum atomic E-state index is -0.745. The smallest absolute Gasteiger partial charge is 0.341 e. The number of hydrogen-bond acceptors (Lipinski definition) is 6. The Labute approximate surface area is 155 Å². The van der Waals surface area contributed by atoms with Crippen LogP contribution in [0.4, 0.5) is 0 Å².